The largest absolute Gasteiger partial charge is 0.392 e. The summed E-state index contributed by atoms with van der Waals surface area (Å²) in [4.78, 5) is 16.3. The number of carbonyl (C=O) groups excluding carboxylic acids is 1. The monoisotopic (exact) mass is 295 g/mol. The average Bonchev–Trinajstić information content (AvgIpc) is 2.97. The quantitative estimate of drug-likeness (QED) is 0.775. The van der Waals surface area contributed by atoms with Gasteiger partial charge in [-0.1, -0.05) is 12.1 Å². The van der Waals surface area contributed by atoms with Gasteiger partial charge in [0.15, 0.2) is 0 Å². The molecule has 1 aromatic heterocycles. The van der Waals surface area contributed by atoms with Crippen molar-refractivity contribution in [1.82, 2.24) is 14.9 Å². The van der Waals surface area contributed by atoms with Crippen molar-refractivity contribution in [2.45, 2.75) is 13.0 Å². The molecule has 5 heteroatoms. The number of imidazole rings is 1. The first-order chi connectivity index (χ1) is 10.6. The highest BCUT2D eigenvalue weighted by Gasteiger charge is 2.08. The molecule has 1 unspecified atom stereocenters. The number of aromatic nitrogens is 2. The molecule has 1 amide bonds. The van der Waals surface area contributed by atoms with Crippen LogP contribution in [0.1, 0.15) is 17.3 Å². The number of fused-ring (bicyclic) bond motifs is 1. The van der Waals surface area contributed by atoms with Crippen LogP contribution in [-0.2, 0) is 0 Å². The van der Waals surface area contributed by atoms with Crippen LogP contribution in [0.2, 0.25) is 0 Å². The van der Waals surface area contributed by atoms with E-state index in [0.29, 0.717) is 5.56 Å². The first kappa shape index (κ1) is 14.3. The Bertz CT molecular complexity index is 791. The molecule has 3 rings (SSSR count). The molecule has 22 heavy (non-hydrogen) atoms. The van der Waals surface area contributed by atoms with Crippen molar-refractivity contribution in [3.05, 3.63) is 60.4 Å². The van der Waals surface area contributed by atoms with Crippen LogP contribution in [-0.4, -0.2) is 33.2 Å². The van der Waals surface area contributed by atoms with E-state index in [1.165, 1.54) is 0 Å². The maximum atomic E-state index is 11.9. The Morgan fingerprint density at radius 2 is 1.95 bits per heavy atom. The second kappa shape index (κ2) is 5.99. The lowest BCUT2D eigenvalue weighted by atomic mass is 10.2. The number of aliphatic hydroxyl groups is 1. The number of amides is 1. The Balaban J connectivity index is 1.84. The Labute approximate surface area is 128 Å². The van der Waals surface area contributed by atoms with Crippen LogP contribution >= 0.6 is 0 Å². The van der Waals surface area contributed by atoms with E-state index in [4.69, 9.17) is 0 Å². The number of para-hydroxylation sites is 2. The normalized spacial score (nSPS) is 12.3. The summed E-state index contributed by atoms with van der Waals surface area (Å²) >= 11 is 0. The lowest BCUT2D eigenvalue weighted by Gasteiger charge is -2.08. The zero-order chi connectivity index (χ0) is 15.5. The lowest BCUT2D eigenvalue weighted by Crippen LogP contribution is -2.30. The molecule has 0 saturated carbocycles. The molecule has 0 saturated heterocycles. The lowest BCUT2D eigenvalue weighted by molar-refractivity contribution is 0.0924. The second-order valence-electron chi connectivity index (χ2n) is 5.21. The topological polar surface area (TPSA) is 67.2 Å². The van der Waals surface area contributed by atoms with Crippen LogP contribution in [0.5, 0.6) is 0 Å². The van der Waals surface area contributed by atoms with E-state index in [0.717, 1.165) is 16.7 Å². The van der Waals surface area contributed by atoms with Crippen molar-refractivity contribution in [1.29, 1.82) is 0 Å². The SMILES string of the molecule is CC(O)CNC(=O)c1ccc(-n2cnc3ccccc32)cc1. The zero-order valence-electron chi connectivity index (χ0n) is 12.2. The fourth-order valence-electron chi connectivity index (χ4n) is 2.28. The summed E-state index contributed by atoms with van der Waals surface area (Å²) in [5.41, 5.74) is 3.46. The van der Waals surface area contributed by atoms with Crippen LogP contribution in [0.25, 0.3) is 16.7 Å². The van der Waals surface area contributed by atoms with E-state index in [-0.39, 0.29) is 12.5 Å². The Morgan fingerprint density at radius 3 is 2.68 bits per heavy atom. The first-order valence-corrected chi connectivity index (χ1v) is 7.14. The molecule has 0 spiro atoms. The fourth-order valence-corrected chi connectivity index (χ4v) is 2.28. The highest BCUT2D eigenvalue weighted by atomic mass is 16.3. The van der Waals surface area contributed by atoms with E-state index in [1.54, 1.807) is 25.4 Å². The maximum absolute atomic E-state index is 11.9. The standard InChI is InChI=1S/C17H17N3O2/c1-12(21)10-18-17(22)13-6-8-14(9-7-13)20-11-19-15-4-2-3-5-16(15)20/h2-9,11-12,21H,10H2,1H3,(H,18,22). The Hall–Kier alpha value is -2.66. The maximum Gasteiger partial charge on any atom is 0.251 e. The van der Waals surface area contributed by atoms with Crippen LogP contribution in [0.4, 0.5) is 0 Å². The molecule has 3 aromatic rings. The van der Waals surface area contributed by atoms with E-state index in [1.807, 2.05) is 41.0 Å². The van der Waals surface area contributed by atoms with Gasteiger partial charge in [-0.3, -0.25) is 9.36 Å². The van der Waals surface area contributed by atoms with Gasteiger partial charge in [-0.2, -0.15) is 0 Å². The summed E-state index contributed by atoms with van der Waals surface area (Å²) in [6, 6.07) is 15.2. The number of carbonyl (C=O) groups is 1. The molecule has 2 N–H and O–H groups in total. The van der Waals surface area contributed by atoms with Gasteiger partial charge in [0.2, 0.25) is 0 Å². The summed E-state index contributed by atoms with van der Waals surface area (Å²) in [5, 5.41) is 11.9. The van der Waals surface area contributed by atoms with Crippen LogP contribution in [0, 0.1) is 0 Å². The predicted molar refractivity (Wildman–Crippen MR) is 85.1 cm³/mol. The Morgan fingerprint density at radius 1 is 1.23 bits per heavy atom. The molecule has 2 aromatic carbocycles. The van der Waals surface area contributed by atoms with E-state index in [9.17, 15) is 9.90 Å². The number of aliphatic hydroxyl groups excluding tert-OH is 1. The zero-order valence-corrected chi connectivity index (χ0v) is 12.2. The van der Waals surface area contributed by atoms with Crippen molar-refractivity contribution in [3.8, 4) is 5.69 Å². The van der Waals surface area contributed by atoms with Crippen molar-refractivity contribution in [3.63, 3.8) is 0 Å². The van der Waals surface area contributed by atoms with Crippen molar-refractivity contribution in [2.24, 2.45) is 0 Å². The van der Waals surface area contributed by atoms with Gasteiger partial charge in [-0.25, -0.2) is 4.98 Å². The van der Waals surface area contributed by atoms with Gasteiger partial charge in [-0.05, 0) is 43.3 Å². The second-order valence-corrected chi connectivity index (χ2v) is 5.21. The highest BCUT2D eigenvalue weighted by Crippen LogP contribution is 2.18. The van der Waals surface area contributed by atoms with Gasteiger partial charge < -0.3 is 10.4 Å². The van der Waals surface area contributed by atoms with E-state index < -0.39 is 6.10 Å². The first-order valence-electron chi connectivity index (χ1n) is 7.14. The average molecular weight is 295 g/mol. The summed E-state index contributed by atoms with van der Waals surface area (Å²) in [6.45, 7) is 1.88. The van der Waals surface area contributed by atoms with Gasteiger partial charge in [0.05, 0.1) is 17.1 Å². The summed E-state index contributed by atoms with van der Waals surface area (Å²) < 4.78 is 1.98. The third-order valence-corrected chi connectivity index (χ3v) is 3.42. The molecule has 0 bridgehead atoms. The summed E-state index contributed by atoms with van der Waals surface area (Å²) in [5.74, 6) is -0.192. The highest BCUT2D eigenvalue weighted by molar-refractivity contribution is 5.94. The number of nitrogens with one attached hydrogen (secondary N) is 1. The number of hydrogen-bond donors (Lipinski definition) is 2. The molecule has 1 heterocycles. The molecule has 0 aliphatic rings. The molecule has 112 valence electrons. The minimum Gasteiger partial charge on any atom is -0.392 e. The van der Waals surface area contributed by atoms with Gasteiger partial charge in [0.25, 0.3) is 5.91 Å². The number of rotatable bonds is 4. The number of hydrogen-bond acceptors (Lipinski definition) is 3. The molecule has 0 radical (unpaired) electrons. The van der Waals surface area contributed by atoms with E-state index in [2.05, 4.69) is 10.3 Å². The third-order valence-electron chi connectivity index (χ3n) is 3.42. The summed E-state index contributed by atoms with van der Waals surface area (Å²) in [7, 11) is 0. The van der Waals surface area contributed by atoms with Gasteiger partial charge in [-0.15, -0.1) is 0 Å². The van der Waals surface area contributed by atoms with Crippen LogP contribution < -0.4 is 5.32 Å². The minimum absolute atomic E-state index is 0.192. The minimum atomic E-state index is -0.555. The predicted octanol–water partition coefficient (Wildman–Crippen LogP) is 2.14. The van der Waals surface area contributed by atoms with Gasteiger partial charge >= 0.3 is 0 Å². The van der Waals surface area contributed by atoms with E-state index >= 15 is 0 Å². The summed E-state index contributed by atoms with van der Waals surface area (Å²) in [6.07, 6.45) is 1.22. The van der Waals surface area contributed by atoms with Gasteiger partial charge in [0.1, 0.15) is 6.33 Å². The molecule has 0 fully saturated rings. The third kappa shape index (κ3) is 2.84. The van der Waals surface area contributed by atoms with Gasteiger partial charge in [0, 0.05) is 17.8 Å². The number of nitrogens with zero attached hydrogens (tertiary/aromatic N) is 2. The molecule has 1 atom stereocenters. The van der Waals surface area contributed by atoms with Crippen molar-refractivity contribution >= 4 is 16.9 Å². The molecule has 0 aliphatic heterocycles. The molecular weight excluding hydrogens is 278 g/mol. The molecule has 0 aliphatic carbocycles. The Kier molecular flexibility index (Phi) is 3.89. The smallest absolute Gasteiger partial charge is 0.251 e. The fraction of sp³-hybridized carbons (Fsp3) is 0.176. The molecule has 5 nitrogen and oxygen atoms in total. The van der Waals surface area contributed by atoms with Crippen molar-refractivity contribution < 1.29 is 9.90 Å². The van der Waals surface area contributed by atoms with Crippen LogP contribution in [0.15, 0.2) is 54.9 Å². The molecular formula is C17H17N3O2. The van der Waals surface area contributed by atoms with Crippen molar-refractivity contribution in [2.75, 3.05) is 6.54 Å². The number of benzene rings is 2. The van der Waals surface area contributed by atoms with Crippen LogP contribution in [0.3, 0.4) is 0 Å².